The molecule has 3 aromatic rings. The zero-order valence-electron chi connectivity index (χ0n) is 13.9. The van der Waals surface area contributed by atoms with Gasteiger partial charge >= 0.3 is 0 Å². The molecule has 0 spiro atoms. The minimum Gasteiger partial charge on any atom is -0.348 e. The van der Waals surface area contributed by atoms with Crippen molar-refractivity contribution in [3.05, 3.63) is 54.0 Å². The van der Waals surface area contributed by atoms with Gasteiger partial charge in [0.05, 0.1) is 11.1 Å². The molecule has 128 valence electrons. The predicted octanol–water partition coefficient (Wildman–Crippen LogP) is 3.06. The Morgan fingerprint density at radius 1 is 1.12 bits per heavy atom. The number of carbonyl (C=O) groups is 1. The lowest BCUT2D eigenvalue weighted by Gasteiger charge is -2.44. The molecule has 1 atom stereocenters. The average Bonchev–Trinajstić information content (AvgIpc) is 3.07. The number of benzene rings is 1. The molecule has 0 radical (unpaired) electrons. The molecule has 1 unspecified atom stereocenters. The largest absolute Gasteiger partial charge is 0.348 e. The van der Waals surface area contributed by atoms with E-state index in [-0.39, 0.29) is 17.8 Å². The minimum atomic E-state index is -0.251. The monoisotopic (exact) mass is 337 g/mol. The Labute approximate surface area is 145 Å². The molecule has 5 heteroatoms. The highest BCUT2D eigenvalue weighted by atomic mass is 19.1. The SMILES string of the molecule is O=C(NC1CN2CCC1CC2)c1cc2ccc3cc(F)ccc3n2c1. The first kappa shape index (κ1) is 14.9. The number of carbonyl (C=O) groups excluding carboxylic acids is 1. The highest BCUT2D eigenvalue weighted by Crippen LogP contribution is 2.28. The second-order valence-corrected chi connectivity index (χ2v) is 7.28. The molecule has 0 saturated carbocycles. The van der Waals surface area contributed by atoms with Crippen molar-refractivity contribution in [2.45, 2.75) is 18.9 Å². The quantitative estimate of drug-likeness (QED) is 0.780. The fourth-order valence-corrected chi connectivity index (χ4v) is 4.37. The van der Waals surface area contributed by atoms with Crippen molar-refractivity contribution in [1.82, 2.24) is 14.6 Å². The van der Waals surface area contributed by atoms with Gasteiger partial charge in [-0.1, -0.05) is 6.07 Å². The van der Waals surface area contributed by atoms with E-state index < -0.39 is 0 Å². The van der Waals surface area contributed by atoms with Crippen LogP contribution in [-0.4, -0.2) is 40.9 Å². The molecular weight excluding hydrogens is 317 g/mol. The van der Waals surface area contributed by atoms with Crippen molar-refractivity contribution in [2.24, 2.45) is 5.92 Å². The van der Waals surface area contributed by atoms with Gasteiger partial charge in [0.25, 0.3) is 5.91 Å². The van der Waals surface area contributed by atoms with E-state index in [4.69, 9.17) is 0 Å². The third-order valence-electron chi connectivity index (χ3n) is 5.77. The number of hydrogen-bond donors (Lipinski definition) is 1. The highest BCUT2D eigenvalue weighted by Gasteiger charge is 2.35. The van der Waals surface area contributed by atoms with E-state index in [0.717, 1.165) is 36.1 Å². The summed E-state index contributed by atoms with van der Waals surface area (Å²) < 4.78 is 15.4. The molecule has 5 heterocycles. The molecule has 4 nitrogen and oxygen atoms in total. The Balaban J connectivity index is 1.46. The number of fused-ring (bicyclic) bond motifs is 6. The second-order valence-electron chi connectivity index (χ2n) is 7.28. The van der Waals surface area contributed by atoms with Crippen molar-refractivity contribution >= 4 is 22.3 Å². The fraction of sp³-hybridized carbons (Fsp3) is 0.350. The summed E-state index contributed by atoms with van der Waals surface area (Å²) in [5.41, 5.74) is 2.51. The number of nitrogens with one attached hydrogen (secondary N) is 1. The summed E-state index contributed by atoms with van der Waals surface area (Å²) in [6.07, 6.45) is 4.21. The summed E-state index contributed by atoms with van der Waals surface area (Å²) >= 11 is 0. The van der Waals surface area contributed by atoms with Crippen LogP contribution in [-0.2, 0) is 0 Å². The maximum atomic E-state index is 13.4. The lowest BCUT2D eigenvalue weighted by atomic mass is 9.84. The van der Waals surface area contributed by atoms with Gasteiger partial charge in [0.1, 0.15) is 5.82 Å². The molecule has 3 fully saturated rings. The molecule has 1 aromatic carbocycles. The molecule has 2 aromatic heterocycles. The van der Waals surface area contributed by atoms with Crippen LogP contribution in [0.4, 0.5) is 4.39 Å². The number of aromatic nitrogens is 1. The zero-order valence-corrected chi connectivity index (χ0v) is 13.9. The summed E-state index contributed by atoms with van der Waals surface area (Å²) in [7, 11) is 0. The van der Waals surface area contributed by atoms with E-state index in [9.17, 15) is 9.18 Å². The van der Waals surface area contributed by atoms with E-state index in [2.05, 4.69) is 10.2 Å². The molecule has 6 rings (SSSR count). The Kier molecular flexibility index (Phi) is 3.31. The Morgan fingerprint density at radius 2 is 1.96 bits per heavy atom. The van der Waals surface area contributed by atoms with Crippen molar-refractivity contribution in [1.29, 1.82) is 0 Å². The zero-order chi connectivity index (χ0) is 17.0. The lowest BCUT2D eigenvalue weighted by molar-refractivity contribution is 0.0620. The molecule has 25 heavy (non-hydrogen) atoms. The minimum absolute atomic E-state index is 0.0160. The van der Waals surface area contributed by atoms with E-state index in [1.165, 1.54) is 25.0 Å². The average molecular weight is 337 g/mol. The maximum Gasteiger partial charge on any atom is 0.253 e. The first-order valence-corrected chi connectivity index (χ1v) is 8.91. The molecule has 2 bridgehead atoms. The van der Waals surface area contributed by atoms with Crippen LogP contribution in [0.25, 0.3) is 16.4 Å². The van der Waals surface area contributed by atoms with Crippen molar-refractivity contribution in [3.63, 3.8) is 0 Å². The van der Waals surface area contributed by atoms with E-state index in [0.29, 0.717) is 11.5 Å². The molecule has 3 saturated heterocycles. The first-order chi connectivity index (χ1) is 12.2. The summed E-state index contributed by atoms with van der Waals surface area (Å²) in [4.78, 5) is 15.2. The molecule has 3 aliphatic rings. The van der Waals surface area contributed by atoms with Gasteiger partial charge in [-0.05, 0) is 62.2 Å². The van der Waals surface area contributed by atoms with Crippen LogP contribution in [0.1, 0.15) is 23.2 Å². The fourth-order valence-electron chi connectivity index (χ4n) is 4.37. The lowest BCUT2D eigenvalue weighted by Crippen LogP contribution is -2.57. The first-order valence-electron chi connectivity index (χ1n) is 8.91. The van der Waals surface area contributed by atoms with E-state index in [1.807, 2.05) is 28.8 Å². The van der Waals surface area contributed by atoms with Gasteiger partial charge in [-0.15, -0.1) is 0 Å². The van der Waals surface area contributed by atoms with Crippen LogP contribution in [0.5, 0.6) is 0 Å². The molecule has 0 aliphatic carbocycles. The maximum absolute atomic E-state index is 13.4. The summed E-state index contributed by atoms with van der Waals surface area (Å²) in [5, 5.41) is 4.06. The number of hydrogen-bond acceptors (Lipinski definition) is 2. The Morgan fingerprint density at radius 3 is 2.72 bits per heavy atom. The Hall–Kier alpha value is -2.40. The number of amides is 1. The molecule has 3 aliphatic heterocycles. The number of piperidine rings is 3. The molecular formula is C20H20FN3O. The van der Waals surface area contributed by atoms with Crippen LogP contribution < -0.4 is 5.32 Å². The summed E-state index contributed by atoms with van der Waals surface area (Å²) in [6, 6.07) is 10.7. The molecule has 1 N–H and O–H groups in total. The van der Waals surface area contributed by atoms with Gasteiger partial charge in [0.2, 0.25) is 0 Å². The third-order valence-corrected chi connectivity index (χ3v) is 5.77. The second kappa shape index (κ2) is 5.56. The van der Waals surface area contributed by atoms with Crippen LogP contribution in [0, 0.1) is 11.7 Å². The van der Waals surface area contributed by atoms with Crippen molar-refractivity contribution in [3.8, 4) is 0 Å². The van der Waals surface area contributed by atoms with Gasteiger partial charge in [0, 0.05) is 29.7 Å². The van der Waals surface area contributed by atoms with Gasteiger partial charge in [0.15, 0.2) is 0 Å². The van der Waals surface area contributed by atoms with Crippen LogP contribution in [0.2, 0.25) is 0 Å². The summed E-state index contributed by atoms with van der Waals surface area (Å²) in [5.74, 6) is 0.340. The van der Waals surface area contributed by atoms with Crippen LogP contribution >= 0.6 is 0 Å². The van der Waals surface area contributed by atoms with Crippen LogP contribution in [0.15, 0.2) is 42.6 Å². The van der Waals surface area contributed by atoms with E-state index in [1.54, 1.807) is 6.07 Å². The normalized spacial score (nSPS) is 25.6. The van der Waals surface area contributed by atoms with E-state index >= 15 is 0 Å². The van der Waals surface area contributed by atoms with Crippen LogP contribution in [0.3, 0.4) is 0 Å². The number of pyridine rings is 1. The number of nitrogens with zero attached hydrogens (tertiary/aromatic N) is 2. The van der Waals surface area contributed by atoms with Gasteiger partial charge in [-0.3, -0.25) is 4.79 Å². The summed E-state index contributed by atoms with van der Waals surface area (Å²) in [6.45, 7) is 3.29. The number of rotatable bonds is 2. The third kappa shape index (κ3) is 2.50. The van der Waals surface area contributed by atoms with Gasteiger partial charge in [-0.25, -0.2) is 4.39 Å². The van der Waals surface area contributed by atoms with Crippen molar-refractivity contribution < 1.29 is 9.18 Å². The van der Waals surface area contributed by atoms with Crippen molar-refractivity contribution in [2.75, 3.05) is 19.6 Å². The number of halogens is 1. The standard InChI is InChI=1S/C20H20FN3O/c21-16-2-4-19-14(9-16)1-3-17-10-15(11-24(17)19)20(25)22-18-12-23-7-5-13(18)6-8-23/h1-4,9-11,13,18H,5-8,12H2,(H,22,25). The smallest absolute Gasteiger partial charge is 0.253 e. The molecule has 1 amide bonds. The highest BCUT2D eigenvalue weighted by molar-refractivity contribution is 5.97. The van der Waals surface area contributed by atoms with Gasteiger partial charge < -0.3 is 14.6 Å². The Bertz CT molecular complexity index is 972. The topological polar surface area (TPSA) is 36.8 Å². The predicted molar refractivity (Wildman–Crippen MR) is 95.3 cm³/mol. The van der Waals surface area contributed by atoms with Gasteiger partial charge in [-0.2, -0.15) is 0 Å².